The standard InChI is InChI=1S/C10H11F3N2O2/c11-10(12,13)9(16)8-3-14-15(5-8)4-7-1-2-17-6-7/h3,5,7H,1-2,4,6H2. The van der Waals surface area contributed by atoms with Crippen molar-refractivity contribution in [3.8, 4) is 0 Å². The van der Waals surface area contributed by atoms with Gasteiger partial charge in [0.25, 0.3) is 5.78 Å². The van der Waals surface area contributed by atoms with Crippen LogP contribution in [0.2, 0.25) is 0 Å². The lowest BCUT2D eigenvalue weighted by Crippen LogP contribution is -2.22. The number of aromatic nitrogens is 2. The van der Waals surface area contributed by atoms with Gasteiger partial charge in [0.2, 0.25) is 0 Å². The summed E-state index contributed by atoms with van der Waals surface area (Å²) in [5.74, 6) is -1.60. The van der Waals surface area contributed by atoms with Gasteiger partial charge in [-0.15, -0.1) is 0 Å². The van der Waals surface area contributed by atoms with E-state index in [-0.39, 0.29) is 5.92 Å². The molecule has 2 rings (SSSR count). The quantitative estimate of drug-likeness (QED) is 0.764. The summed E-state index contributed by atoms with van der Waals surface area (Å²) in [5.41, 5.74) is -0.420. The Morgan fingerprint density at radius 3 is 2.94 bits per heavy atom. The van der Waals surface area contributed by atoms with E-state index in [1.807, 2.05) is 0 Å². The summed E-state index contributed by atoms with van der Waals surface area (Å²) in [7, 11) is 0. The van der Waals surface area contributed by atoms with Gasteiger partial charge in [-0.25, -0.2) is 0 Å². The summed E-state index contributed by atoms with van der Waals surface area (Å²) in [4.78, 5) is 10.9. The zero-order chi connectivity index (χ0) is 12.5. The zero-order valence-electron chi connectivity index (χ0n) is 8.91. The molecule has 0 amide bonds. The van der Waals surface area contributed by atoms with Crippen LogP contribution in [0.5, 0.6) is 0 Å². The lowest BCUT2D eigenvalue weighted by molar-refractivity contribution is -0.0885. The van der Waals surface area contributed by atoms with Gasteiger partial charge in [0.05, 0.1) is 18.4 Å². The zero-order valence-corrected chi connectivity index (χ0v) is 8.91. The summed E-state index contributed by atoms with van der Waals surface area (Å²) in [6.07, 6.45) is -1.90. The highest BCUT2D eigenvalue weighted by Crippen LogP contribution is 2.21. The van der Waals surface area contributed by atoms with Crippen molar-refractivity contribution < 1.29 is 22.7 Å². The molecule has 4 nitrogen and oxygen atoms in total. The lowest BCUT2D eigenvalue weighted by atomic mass is 10.1. The van der Waals surface area contributed by atoms with Crippen LogP contribution in [0.25, 0.3) is 0 Å². The first-order chi connectivity index (χ1) is 7.97. The minimum Gasteiger partial charge on any atom is -0.381 e. The summed E-state index contributed by atoms with van der Waals surface area (Å²) in [5, 5.41) is 3.75. The molecule has 1 aliphatic heterocycles. The molecule has 0 N–H and O–H groups in total. The van der Waals surface area contributed by atoms with Crippen LogP contribution in [0, 0.1) is 5.92 Å². The van der Waals surface area contributed by atoms with E-state index in [0.29, 0.717) is 19.8 Å². The van der Waals surface area contributed by atoms with Crippen LogP contribution in [0.15, 0.2) is 12.4 Å². The van der Waals surface area contributed by atoms with Crippen molar-refractivity contribution in [1.82, 2.24) is 9.78 Å². The monoisotopic (exact) mass is 248 g/mol. The molecule has 1 unspecified atom stereocenters. The van der Waals surface area contributed by atoms with Crippen molar-refractivity contribution >= 4 is 5.78 Å². The van der Waals surface area contributed by atoms with Crippen LogP contribution in [0.4, 0.5) is 13.2 Å². The Morgan fingerprint density at radius 1 is 1.59 bits per heavy atom. The maximum atomic E-state index is 12.1. The number of rotatable bonds is 3. The maximum Gasteiger partial charge on any atom is 0.454 e. The molecule has 94 valence electrons. The second kappa shape index (κ2) is 4.48. The van der Waals surface area contributed by atoms with Crippen molar-refractivity contribution in [3.05, 3.63) is 18.0 Å². The second-order valence-corrected chi connectivity index (χ2v) is 4.01. The van der Waals surface area contributed by atoms with E-state index in [0.717, 1.165) is 18.8 Å². The van der Waals surface area contributed by atoms with Gasteiger partial charge in [-0.05, 0) is 6.42 Å². The topological polar surface area (TPSA) is 44.1 Å². The number of carbonyl (C=O) groups is 1. The van der Waals surface area contributed by atoms with Crippen molar-refractivity contribution in [3.63, 3.8) is 0 Å². The Hall–Kier alpha value is -1.37. The predicted octanol–water partition coefficient (Wildman–Crippen LogP) is 1.66. The Balaban J connectivity index is 2.02. The fourth-order valence-corrected chi connectivity index (χ4v) is 1.74. The fraction of sp³-hybridized carbons (Fsp3) is 0.600. The van der Waals surface area contributed by atoms with Crippen LogP contribution in [0.1, 0.15) is 16.8 Å². The number of ketones is 1. The Labute approximate surface area is 95.4 Å². The highest BCUT2D eigenvalue weighted by atomic mass is 19.4. The predicted molar refractivity (Wildman–Crippen MR) is 51.5 cm³/mol. The third kappa shape index (κ3) is 2.85. The number of Topliss-reactive ketones (excluding diaryl/α,β-unsaturated/α-hetero) is 1. The van der Waals surface area contributed by atoms with E-state index >= 15 is 0 Å². The first-order valence-electron chi connectivity index (χ1n) is 5.18. The highest BCUT2D eigenvalue weighted by Gasteiger charge is 2.40. The van der Waals surface area contributed by atoms with E-state index in [2.05, 4.69) is 5.10 Å². The van der Waals surface area contributed by atoms with Crippen LogP contribution in [0.3, 0.4) is 0 Å². The lowest BCUT2D eigenvalue weighted by Gasteiger charge is -2.06. The molecule has 0 aliphatic carbocycles. The first-order valence-corrected chi connectivity index (χ1v) is 5.18. The summed E-state index contributed by atoms with van der Waals surface area (Å²) in [6.45, 7) is 1.73. The number of alkyl halides is 3. The molecule has 0 bridgehead atoms. The van der Waals surface area contributed by atoms with Gasteiger partial charge in [0, 0.05) is 25.3 Å². The number of nitrogens with zero attached hydrogens (tertiary/aromatic N) is 2. The molecule has 17 heavy (non-hydrogen) atoms. The highest BCUT2D eigenvalue weighted by molar-refractivity contribution is 5.99. The molecule has 2 heterocycles. The average Bonchev–Trinajstić information content (AvgIpc) is 2.87. The minimum absolute atomic E-state index is 0.253. The van der Waals surface area contributed by atoms with Crippen LogP contribution in [-0.2, 0) is 11.3 Å². The summed E-state index contributed by atoms with van der Waals surface area (Å²) < 4.78 is 42.9. The minimum atomic E-state index is -4.84. The molecule has 0 saturated carbocycles. The molecular weight excluding hydrogens is 237 g/mol. The normalized spacial score (nSPS) is 20.8. The van der Waals surface area contributed by atoms with E-state index in [9.17, 15) is 18.0 Å². The molecule has 0 spiro atoms. The number of hydrogen-bond acceptors (Lipinski definition) is 3. The number of ether oxygens (including phenoxy) is 1. The van der Waals surface area contributed by atoms with Gasteiger partial charge in [-0.3, -0.25) is 9.48 Å². The third-order valence-corrected chi connectivity index (χ3v) is 2.62. The maximum absolute atomic E-state index is 12.1. The molecule has 1 atom stereocenters. The van der Waals surface area contributed by atoms with Crippen molar-refractivity contribution in [2.45, 2.75) is 19.1 Å². The average molecular weight is 248 g/mol. The summed E-state index contributed by atoms with van der Waals surface area (Å²) in [6, 6.07) is 0. The van der Waals surface area contributed by atoms with Crippen LogP contribution in [-0.4, -0.2) is 35.0 Å². The fourth-order valence-electron chi connectivity index (χ4n) is 1.74. The van der Waals surface area contributed by atoms with Crippen molar-refractivity contribution in [1.29, 1.82) is 0 Å². The molecule has 1 fully saturated rings. The Bertz CT molecular complexity index is 408. The van der Waals surface area contributed by atoms with E-state index in [1.54, 1.807) is 0 Å². The third-order valence-electron chi connectivity index (χ3n) is 2.62. The van der Waals surface area contributed by atoms with Gasteiger partial charge in [-0.2, -0.15) is 18.3 Å². The van der Waals surface area contributed by atoms with Gasteiger partial charge in [-0.1, -0.05) is 0 Å². The molecule has 0 aromatic carbocycles. The molecule has 0 radical (unpaired) electrons. The smallest absolute Gasteiger partial charge is 0.381 e. The van der Waals surface area contributed by atoms with Crippen molar-refractivity contribution in [2.24, 2.45) is 5.92 Å². The largest absolute Gasteiger partial charge is 0.454 e. The second-order valence-electron chi connectivity index (χ2n) is 4.01. The first kappa shape index (κ1) is 12.1. The van der Waals surface area contributed by atoms with E-state index < -0.39 is 17.5 Å². The van der Waals surface area contributed by atoms with Gasteiger partial charge in [0.1, 0.15) is 0 Å². The molecule has 1 saturated heterocycles. The molecule has 1 aliphatic rings. The Kier molecular flexibility index (Phi) is 3.19. The Morgan fingerprint density at radius 2 is 2.35 bits per heavy atom. The van der Waals surface area contributed by atoms with E-state index in [4.69, 9.17) is 4.74 Å². The van der Waals surface area contributed by atoms with Crippen LogP contribution < -0.4 is 0 Å². The molecule has 1 aromatic rings. The molecular formula is C10H11F3N2O2. The summed E-state index contributed by atoms with van der Waals surface area (Å²) >= 11 is 0. The number of hydrogen-bond donors (Lipinski definition) is 0. The molecule has 1 aromatic heterocycles. The number of carbonyl (C=O) groups excluding carboxylic acids is 1. The number of halogens is 3. The van der Waals surface area contributed by atoms with Crippen molar-refractivity contribution in [2.75, 3.05) is 13.2 Å². The van der Waals surface area contributed by atoms with Crippen LogP contribution >= 0.6 is 0 Å². The van der Waals surface area contributed by atoms with Gasteiger partial charge < -0.3 is 4.74 Å². The van der Waals surface area contributed by atoms with Gasteiger partial charge >= 0.3 is 6.18 Å². The van der Waals surface area contributed by atoms with E-state index in [1.165, 1.54) is 4.68 Å². The molecule has 7 heteroatoms. The SMILES string of the molecule is O=C(c1cnn(CC2CCOC2)c1)C(F)(F)F. The van der Waals surface area contributed by atoms with Gasteiger partial charge in [0.15, 0.2) is 0 Å².